The second-order valence-electron chi connectivity index (χ2n) is 8.22. The normalized spacial score (nSPS) is 11.2. The number of carbonyl (C=O) groups excluding carboxylic acids is 1. The minimum Gasteiger partial charge on any atom is -0.457 e. The number of rotatable bonds is 9. The molecule has 0 atom stereocenters. The summed E-state index contributed by atoms with van der Waals surface area (Å²) in [6.45, 7) is 3.34. The lowest BCUT2D eigenvalue weighted by atomic mass is 10.0. The Bertz CT molecular complexity index is 1440. The molecule has 1 amide bonds. The zero-order valence-electron chi connectivity index (χ0n) is 19.4. The Balaban J connectivity index is 1.96. The van der Waals surface area contributed by atoms with Crippen molar-refractivity contribution in [2.45, 2.75) is 20.4 Å². The van der Waals surface area contributed by atoms with Crippen LogP contribution in [0.4, 0.5) is 13.2 Å². The number of pyridine rings is 1. The fourth-order valence-electron chi connectivity index (χ4n) is 3.17. The van der Waals surface area contributed by atoms with E-state index < -0.39 is 34.5 Å². The van der Waals surface area contributed by atoms with Crippen molar-refractivity contribution in [3.8, 4) is 11.5 Å². The quantitative estimate of drug-likeness (QED) is 0.369. The van der Waals surface area contributed by atoms with Crippen LogP contribution in [0, 0.1) is 34.2 Å². The number of nitrogens with one attached hydrogen (secondary N) is 2. The van der Waals surface area contributed by atoms with Gasteiger partial charge in [-0.1, -0.05) is 13.8 Å². The molecule has 3 rings (SSSR count). The largest absolute Gasteiger partial charge is 0.457 e. The maximum absolute atomic E-state index is 14.8. The molecule has 1 aromatic heterocycles. The van der Waals surface area contributed by atoms with Gasteiger partial charge in [0.2, 0.25) is 0 Å². The van der Waals surface area contributed by atoms with E-state index in [9.17, 15) is 22.8 Å². The van der Waals surface area contributed by atoms with Gasteiger partial charge in [-0.3, -0.25) is 9.59 Å². The molecule has 0 saturated carbocycles. The van der Waals surface area contributed by atoms with Crippen LogP contribution in [0.3, 0.4) is 0 Å². The van der Waals surface area contributed by atoms with Crippen LogP contribution in [0.25, 0.3) is 0 Å². The minimum atomic E-state index is -1.07. The van der Waals surface area contributed by atoms with Crippen LogP contribution >= 0.6 is 0 Å². The molecule has 36 heavy (non-hydrogen) atoms. The Labute approximate surface area is 204 Å². The van der Waals surface area contributed by atoms with Crippen molar-refractivity contribution in [2.75, 3.05) is 0 Å². The molecule has 0 bridgehead atoms. The molecule has 0 saturated heterocycles. The molecule has 186 valence electrons. The number of halogens is 3. The van der Waals surface area contributed by atoms with Crippen molar-refractivity contribution < 1.29 is 22.7 Å². The van der Waals surface area contributed by atoms with Gasteiger partial charge >= 0.3 is 0 Å². The van der Waals surface area contributed by atoms with Crippen molar-refractivity contribution in [3.63, 3.8) is 0 Å². The van der Waals surface area contributed by atoms with Gasteiger partial charge in [0.1, 0.15) is 29.0 Å². The average Bonchev–Trinajstić information content (AvgIpc) is 2.81. The number of carbonyl (C=O) groups is 1. The van der Waals surface area contributed by atoms with E-state index in [2.05, 4.69) is 0 Å². The van der Waals surface area contributed by atoms with E-state index in [0.29, 0.717) is 0 Å². The molecule has 7 nitrogen and oxygen atoms in total. The first-order valence-electron chi connectivity index (χ1n) is 10.8. The van der Waals surface area contributed by atoms with Gasteiger partial charge in [-0.2, -0.15) is 0 Å². The molecule has 0 aliphatic rings. The minimum absolute atomic E-state index is 0.0429. The molecule has 3 aromatic rings. The zero-order chi connectivity index (χ0) is 26.6. The van der Waals surface area contributed by atoms with E-state index in [1.54, 1.807) is 0 Å². The summed E-state index contributed by atoms with van der Waals surface area (Å²) in [5, 5.41) is 15.9. The topological polar surface area (TPSA) is 122 Å². The number of amides is 1. The van der Waals surface area contributed by atoms with Crippen LogP contribution in [-0.4, -0.2) is 21.9 Å². The number of hydrogen-bond donors (Lipinski definition) is 3. The van der Waals surface area contributed by atoms with Crippen molar-refractivity contribution in [2.24, 2.45) is 11.7 Å². The van der Waals surface area contributed by atoms with E-state index in [1.807, 2.05) is 13.8 Å². The van der Waals surface area contributed by atoms with Crippen LogP contribution in [0.5, 0.6) is 11.5 Å². The standard InChI is InChI=1S/C26H23F3N4O3/c1-14(2)22(30)6-7-23(31)18-5-4-17(10-21(18)29)36-24-11-19(26(32)35)20(28)9-15(24)12-33-13-16(27)3-8-25(33)34/h3-11,13-14,30-31H,12H2,1-2H3,(H2,32,35)/b7-6-,30-22?,31-23?. The van der Waals surface area contributed by atoms with Crippen LogP contribution in [0.15, 0.2) is 65.6 Å². The smallest absolute Gasteiger partial charge is 0.251 e. The first-order chi connectivity index (χ1) is 17.0. The average molecular weight is 496 g/mol. The lowest BCUT2D eigenvalue weighted by molar-refractivity contribution is 0.0996. The van der Waals surface area contributed by atoms with Crippen molar-refractivity contribution in [1.29, 1.82) is 10.8 Å². The number of ether oxygens (including phenoxy) is 1. The van der Waals surface area contributed by atoms with E-state index in [4.69, 9.17) is 21.3 Å². The Morgan fingerprint density at radius 2 is 1.72 bits per heavy atom. The molecule has 4 N–H and O–H groups in total. The van der Waals surface area contributed by atoms with Gasteiger partial charge in [-0.25, -0.2) is 13.2 Å². The first-order valence-corrected chi connectivity index (χ1v) is 10.8. The maximum atomic E-state index is 14.8. The summed E-state index contributed by atoms with van der Waals surface area (Å²) in [5.74, 6) is -3.72. The number of primary amides is 1. The highest BCUT2D eigenvalue weighted by Crippen LogP contribution is 2.30. The molecule has 0 unspecified atom stereocenters. The second kappa shape index (κ2) is 10.9. The Kier molecular flexibility index (Phi) is 7.88. The van der Waals surface area contributed by atoms with Gasteiger partial charge in [0.25, 0.3) is 11.5 Å². The summed E-state index contributed by atoms with van der Waals surface area (Å²) in [6, 6.07) is 7.59. The predicted molar refractivity (Wildman–Crippen MR) is 130 cm³/mol. The second-order valence-corrected chi connectivity index (χ2v) is 8.22. The molecular formula is C26H23F3N4O3. The van der Waals surface area contributed by atoms with Crippen LogP contribution < -0.4 is 16.0 Å². The monoisotopic (exact) mass is 496 g/mol. The van der Waals surface area contributed by atoms with Crippen LogP contribution in [0.2, 0.25) is 0 Å². The van der Waals surface area contributed by atoms with Gasteiger partial charge in [0.05, 0.1) is 17.8 Å². The van der Waals surface area contributed by atoms with E-state index in [1.165, 1.54) is 24.3 Å². The van der Waals surface area contributed by atoms with Crippen molar-refractivity contribution >= 4 is 17.3 Å². The summed E-state index contributed by atoms with van der Waals surface area (Å²) in [7, 11) is 0. The SMILES string of the molecule is CC(C)C(=N)/C=C\C(=N)c1ccc(Oc2cc(C(N)=O)c(F)cc2Cn2cc(F)ccc2=O)cc1F. The van der Waals surface area contributed by atoms with Gasteiger partial charge in [-0.15, -0.1) is 0 Å². The lowest BCUT2D eigenvalue weighted by Crippen LogP contribution is -2.20. The highest BCUT2D eigenvalue weighted by atomic mass is 19.1. The molecule has 0 radical (unpaired) electrons. The third kappa shape index (κ3) is 6.15. The summed E-state index contributed by atoms with van der Waals surface area (Å²) < 4.78 is 49.5. The maximum Gasteiger partial charge on any atom is 0.251 e. The molecule has 1 heterocycles. The summed E-state index contributed by atoms with van der Waals surface area (Å²) >= 11 is 0. The zero-order valence-corrected chi connectivity index (χ0v) is 19.4. The summed E-state index contributed by atoms with van der Waals surface area (Å²) in [5.41, 5.74) is 4.32. The Morgan fingerprint density at radius 3 is 2.36 bits per heavy atom. The van der Waals surface area contributed by atoms with E-state index in [-0.39, 0.29) is 46.5 Å². The summed E-state index contributed by atoms with van der Waals surface area (Å²) in [6.07, 6.45) is 3.66. The number of nitrogens with two attached hydrogens (primary N) is 1. The molecule has 2 aromatic carbocycles. The van der Waals surface area contributed by atoms with Crippen LogP contribution in [-0.2, 0) is 6.54 Å². The number of nitrogens with zero attached hydrogens (tertiary/aromatic N) is 1. The molecule has 10 heteroatoms. The van der Waals surface area contributed by atoms with Crippen molar-refractivity contribution in [1.82, 2.24) is 4.57 Å². The first kappa shape index (κ1) is 26.1. The van der Waals surface area contributed by atoms with Crippen LogP contribution in [0.1, 0.15) is 35.3 Å². The van der Waals surface area contributed by atoms with E-state index >= 15 is 0 Å². The lowest BCUT2D eigenvalue weighted by Gasteiger charge is -2.15. The number of aromatic nitrogens is 1. The molecule has 0 fully saturated rings. The molecule has 0 aliphatic carbocycles. The highest BCUT2D eigenvalue weighted by molar-refractivity contribution is 6.10. The van der Waals surface area contributed by atoms with Gasteiger partial charge in [-0.05, 0) is 48.4 Å². The van der Waals surface area contributed by atoms with Gasteiger partial charge < -0.3 is 25.9 Å². The Morgan fingerprint density at radius 1 is 1.03 bits per heavy atom. The van der Waals surface area contributed by atoms with E-state index in [0.717, 1.165) is 41.1 Å². The molecular weight excluding hydrogens is 473 g/mol. The van der Waals surface area contributed by atoms with Gasteiger partial charge in [0, 0.05) is 35.2 Å². The molecule has 0 aliphatic heterocycles. The molecule has 0 spiro atoms. The van der Waals surface area contributed by atoms with Crippen molar-refractivity contribution in [3.05, 3.63) is 105 Å². The number of hydrogen-bond acceptors (Lipinski definition) is 5. The summed E-state index contributed by atoms with van der Waals surface area (Å²) in [4.78, 5) is 23.7. The number of benzene rings is 2. The fraction of sp³-hybridized carbons (Fsp3) is 0.154. The highest BCUT2D eigenvalue weighted by Gasteiger charge is 2.17. The Hall–Kier alpha value is -4.47. The predicted octanol–water partition coefficient (Wildman–Crippen LogP) is 4.80. The van der Waals surface area contributed by atoms with Gasteiger partial charge in [0.15, 0.2) is 0 Å². The third-order valence-corrected chi connectivity index (χ3v) is 5.21. The number of allylic oxidation sites excluding steroid dienone is 2. The fourth-order valence-corrected chi connectivity index (χ4v) is 3.17. The third-order valence-electron chi connectivity index (χ3n) is 5.21.